The van der Waals surface area contributed by atoms with Gasteiger partial charge in [0.15, 0.2) is 0 Å². The van der Waals surface area contributed by atoms with Gasteiger partial charge in [-0.25, -0.2) is 0 Å². The van der Waals surface area contributed by atoms with Crippen molar-refractivity contribution in [3.8, 4) is 0 Å². The average molecular weight is 279 g/mol. The van der Waals surface area contributed by atoms with Gasteiger partial charge in [0.2, 0.25) is 0 Å². The van der Waals surface area contributed by atoms with Crippen LogP contribution in [0.1, 0.15) is 42.5 Å². The molecule has 2 aromatic rings. The number of hydrogen-bond acceptors (Lipinski definition) is 2. The monoisotopic (exact) mass is 279 g/mol. The zero-order valence-corrected chi connectivity index (χ0v) is 12.2. The molecule has 2 aromatic carbocycles. The second-order valence-corrected chi connectivity index (χ2v) is 6.01. The number of benzene rings is 2. The predicted octanol–water partition coefficient (Wildman–Crippen LogP) is 4.31. The molecule has 0 amide bonds. The molecule has 0 spiro atoms. The van der Waals surface area contributed by atoms with E-state index in [1.807, 2.05) is 0 Å². The van der Waals surface area contributed by atoms with Gasteiger partial charge in [-0.1, -0.05) is 60.7 Å². The first-order chi connectivity index (χ1) is 10.4. The lowest BCUT2D eigenvalue weighted by Crippen LogP contribution is -2.36. The van der Waals surface area contributed by atoms with Crippen LogP contribution in [0.25, 0.3) is 0 Å². The third-order valence-corrected chi connectivity index (χ3v) is 4.70. The first kappa shape index (κ1) is 13.1. The second kappa shape index (κ2) is 5.63. The van der Waals surface area contributed by atoms with E-state index in [0.29, 0.717) is 6.04 Å². The van der Waals surface area contributed by atoms with Crippen LogP contribution in [0.5, 0.6) is 0 Å². The van der Waals surface area contributed by atoms with Crippen LogP contribution in [0.3, 0.4) is 0 Å². The van der Waals surface area contributed by atoms with E-state index in [2.05, 4.69) is 65.6 Å². The molecule has 0 aliphatic carbocycles. The standard InChI is InChI=1S/C19H21NO/c1-3-9-15(10-4-1)18-19(16-11-5-2-6-12-16)21-17-13-7-8-14-20(17)18/h1-6,9-12,17-19H,7-8,13-14H2/t17-,18+,19+/m0/s1. The van der Waals surface area contributed by atoms with Crippen LogP contribution in [0, 0.1) is 0 Å². The maximum absolute atomic E-state index is 6.44. The van der Waals surface area contributed by atoms with Crippen LogP contribution in [-0.2, 0) is 4.74 Å². The zero-order chi connectivity index (χ0) is 14.1. The smallest absolute Gasteiger partial charge is 0.112 e. The van der Waals surface area contributed by atoms with Crippen molar-refractivity contribution in [2.45, 2.75) is 37.6 Å². The van der Waals surface area contributed by atoms with E-state index in [0.717, 1.165) is 13.0 Å². The van der Waals surface area contributed by atoms with Crippen molar-refractivity contribution >= 4 is 0 Å². The van der Waals surface area contributed by atoms with Gasteiger partial charge < -0.3 is 4.74 Å². The Kier molecular flexibility index (Phi) is 3.50. The molecule has 2 nitrogen and oxygen atoms in total. The molecule has 0 radical (unpaired) electrons. The van der Waals surface area contributed by atoms with Crippen molar-refractivity contribution in [1.82, 2.24) is 4.90 Å². The van der Waals surface area contributed by atoms with Crippen LogP contribution in [0.2, 0.25) is 0 Å². The van der Waals surface area contributed by atoms with Gasteiger partial charge in [-0.15, -0.1) is 0 Å². The summed E-state index contributed by atoms with van der Waals surface area (Å²) in [7, 11) is 0. The molecule has 2 aliphatic rings. The molecule has 0 bridgehead atoms. The Bertz CT molecular complexity index is 583. The van der Waals surface area contributed by atoms with Crippen molar-refractivity contribution in [2.24, 2.45) is 0 Å². The van der Waals surface area contributed by atoms with Gasteiger partial charge in [0.05, 0.1) is 6.04 Å². The zero-order valence-electron chi connectivity index (χ0n) is 12.2. The van der Waals surface area contributed by atoms with Gasteiger partial charge in [0.25, 0.3) is 0 Å². The number of rotatable bonds is 2. The first-order valence-corrected chi connectivity index (χ1v) is 7.94. The molecular formula is C19H21NO. The van der Waals surface area contributed by atoms with Gasteiger partial charge in [-0.3, -0.25) is 4.90 Å². The van der Waals surface area contributed by atoms with Crippen molar-refractivity contribution in [1.29, 1.82) is 0 Å². The highest BCUT2D eigenvalue weighted by Gasteiger charge is 2.44. The highest BCUT2D eigenvalue weighted by Crippen LogP contribution is 2.47. The average Bonchev–Trinajstić information content (AvgIpc) is 2.96. The minimum Gasteiger partial charge on any atom is -0.353 e. The SMILES string of the molecule is c1ccc([C@H]2O[C@H]3CCCCN3[C@@H]2c2ccccc2)cc1. The Morgan fingerprint density at radius 1 is 0.810 bits per heavy atom. The summed E-state index contributed by atoms with van der Waals surface area (Å²) in [5.41, 5.74) is 2.66. The third-order valence-electron chi connectivity index (χ3n) is 4.70. The van der Waals surface area contributed by atoms with E-state index in [-0.39, 0.29) is 12.3 Å². The molecule has 21 heavy (non-hydrogen) atoms. The third kappa shape index (κ3) is 2.39. The quantitative estimate of drug-likeness (QED) is 0.812. The topological polar surface area (TPSA) is 12.5 Å². The van der Waals surface area contributed by atoms with Crippen molar-refractivity contribution in [3.05, 3.63) is 71.8 Å². The molecule has 2 heteroatoms. The minimum absolute atomic E-state index is 0.150. The summed E-state index contributed by atoms with van der Waals surface area (Å²) in [6.07, 6.45) is 4.16. The maximum atomic E-state index is 6.44. The van der Waals surface area contributed by atoms with Gasteiger partial charge in [0, 0.05) is 6.54 Å². The molecule has 2 heterocycles. The van der Waals surface area contributed by atoms with Crippen molar-refractivity contribution in [2.75, 3.05) is 6.54 Å². The number of hydrogen-bond donors (Lipinski definition) is 0. The lowest BCUT2D eigenvalue weighted by molar-refractivity contribution is -0.0205. The Morgan fingerprint density at radius 3 is 2.19 bits per heavy atom. The van der Waals surface area contributed by atoms with Crippen LogP contribution in [0.4, 0.5) is 0 Å². The Balaban J connectivity index is 1.74. The lowest BCUT2D eigenvalue weighted by Gasteiger charge is -2.32. The van der Waals surface area contributed by atoms with E-state index in [1.54, 1.807) is 0 Å². The van der Waals surface area contributed by atoms with Gasteiger partial charge >= 0.3 is 0 Å². The summed E-state index contributed by atoms with van der Waals surface area (Å²) in [6, 6.07) is 21.9. The Morgan fingerprint density at radius 2 is 1.48 bits per heavy atom. The number of ether oxygens (including phenoxy) is 1. The second-order valence-electron chi connectivity index (χ2n) is 6.01. The summed E-state index contributed by atoms with van der Waals surface area (Å²) in [4.78, 5) is 2.57. The highest BCUT2D eigenvalue weighted by molar-refractivity contribution is 5.28. The minimum atomic E-state index is 0.150. The van der Waals surface area contributed by atoms with Gasteiger partial charge in [-0.2, -0.15) is 0 Å². The van der Waals surface area contributed by atoms with Crippen LogP contribution >= 0.6 is 0 Å². The fraction of sp³-hybridized carbons (Fsp3) is 0.368. The predicted molar refractivity (Wildman–Crippen MR) is 83.8 cm³/mol. The fourth-order valence-electron chi connectivity index (χ4n) is 3.73. The van der Waals surface area contributed by atoms with Crippen molar-refractivity contribution in [3.63, 3.8) is 0 Å². The van der Waals surface area contributed by atoms with E-state index in [1.165, 1.54) is 24.0 Å². The molecule has 0 unspecified atom stereocenters. The van der Waals surface area contributed by atoms with E-state index in [4.69, 9.17) is 4.74 Å². The molecule has 0 saturated carbocycles. The molecule has 108 valence electrons. The molecule has 0 aromatic heterocycles. The number of fused-ring (bicyclic) bond motifs is 1. The van der Waals surface area contributed by atoms with Crippen LogP contribution in [0.15, 0.2) is 60.7 Å². The van der Waals surface area contributed by atoms with E-state index in [9.17, 15) is 0 Å². The molecule has 2 aliphatic heterocycles. The summed E-state index contributed by atoms with van der Waals surface area (Å²) < 4.78 is 6.44. The Hall–Kier alpha value is -1.64. The molecule has 2 fully saturated rings. The van der Waals surface area contributed by atoms with Crippen LogP contribution in [-0.4, -0.2) is 17.7 Å². The summed E-state index contributed by atoms with van der Waals surface area (Å²) in [6.45, 7) is 1.15. The molecular weight excluding hydrogens is 258 g/mol. The van der Waals surface area contributed by atoms with E-state index < -0.39 is 0 Å². The highest BCUT2D eigenvalue weighted by atomic mass is 16.5. The maximum Gasteiger partial charge on any atom is 0.112 e. The molecule has 2 saturated heterocycles. The largest absolute Gasteiger partial charge is 0.353 e. The number of nitrogens with zero attached hydrogens (tertiary/aromatic N) is 1. The Labute approximate surface area is 126 Å². The molecule has 3 atom stereocenters. The van der Waals surface area contributed by atoms with E-state index >= 15 is 0 Å². The molecule has 4 rings (SSSR count). The normalized spacial score (nSPS) is 29.2. The first-order valence-electron chi connectivity index (χ1n) is 7.94. The van der Waals surface area contributed by atoms with Gasteiger partial charge in [-0.05, 0) is 30.4 Å². The van der Waals surface area contributed by atoms with Gasteiger partial charge in [0.1, 0.15) is 12.3 Å². The lowest BCUT2D eigenvalue weighted by atomic mass is 9.94. The summed E-state index contributed by atoms with van der Waals surface area (Å²) >= 11 is 0. The van der Waals surface area contributed by atoms with Crippen LogP contribution < -0.4 is 0 Å². The molecule has 0 N–H and O–H groups in total. The number of piperidine rings is 1. The summed E-state index contributed by atoms with van der Waals surface area (Å²) in [5, 5.41) is 0. The fourth-order valence-corrected chi connectivity index (χ4v) is 3.73. The summed E-state index contributed by atoms with van der Waals surface area (Å²) in [5.74, 6) is 0. The van der Waals surface area contributed by atoms with Crippen molar-refractivity contribution < 1.29 is 4.74 Å².